The fraction of sp³-hybridized carbons (Fsp3) is 0.136. The van der Waals surface area contributed by atoms with Gasteiger partial charge in [-0.25, -0.2) is 4.79 Å². The zero-order valence-electron chi connectivity index (χ0n) is 17.1. The Bertz CT molecular complexity index is 1390. The van der Waals surface area contributed by atoms with Gasteiger partial charge in [-0.2, -0.15) is 13.2 Å². The Kier molecular flexibility index (Phi) is 5.65. The number of esters is 1. The molecule has 12 heteroatoms. The van der Waals surface area contributed by atoms with Gasteiger partial charge >= 0.3 is 12.1 Å². The third kappa shape index (κ3) is 4.51. The van der Waals surface area contributed by atoms with Gasteiger partial charge in [0, 0.05) is 36.3 Å². The van der Waals surface area contributed by atoms with Crippen molar-refractivity contribution in [2.75, 3.05) is 6.61 Å². The number of ketones is 1. The second-order valence-corrected chi connectivity index (χ2v) is 7.39. The topological polar surface area (TPSA) is 121 Å². The van der Waals surface area contributed by atoms with Crippen LogP contribution in [0.1, 0.15) is 21.5 Å². The Morgan fingerprint density at radius 3 is 2.59 bits per heavy atom. The summed E-state index contributed by atoms with van der Waals surface area (Å²) < 4.78 is 45.3. The highest BCUT2D eigenvalue weighted by Gasteiger charge is 2.30. The van der Waals surface area contributed by atoms with Crippen molar-refractivity contribution in [3.63, 3.8) is 0 Å². The van der Waals surface area contributed by atoms with Gasteiger partial charge in [0.2, 0.25) is 0 Å². The minimum Gasteiger partial charge on any atom is -0.456 e. The van der Waals surface area contributed by atoms with Crippen molar-refractivity contribution >= 4 is 34.3 Å². The Labute approximate surface area is 188 Å². The average molecular weight is 473 g/mol. The molecule has 0 atom stereocenters. The summed E-state index contributed by atoms with van der Waals surface area (Å²) in [5, 5.41) is 13.7. The van der Waals surface area contributed by atoms with E-state index >= 15 is 0 Å². The molecule has 0 radical (unpaired) electrons. The van der Waals surface area contributed by atoms with Gasteiger partial charge in [-0.3, -0.25) is 19.7 Å². The standard InChI is InChI=1S/C22H14F3N3O6/c23-22(24,25)13-3-1-2-12(6-13)9-27-10-17(16-5-4-15(28(32)33)8-18(16)27)20(30)21(31)26-14-7-19(29)34-11-14/h1-8,10H,9,11H2,(H,26,31). The van der Waals surface area contributed by atoms with Crippen LogP contribution in [0.2, 0.25) is 0 Å². The lowest BCUT2D eigenvalue weighted by molar-refractivity contribution is -0.384. The van der Waals surface area contributed by atoms with Crippen LogP contribution in [0.3, 0.4) is 0 Å². The van der Waals surface area contributed by atoms with Crippen molar-refractivity contribution < 1.29 is 37.2 Å². The quantitative estimate of drug-likeness (QED) is 0.193. The summed E-state index contributed by atoms with van der Waals surface area (Å²) in [6.45, 7) is -0.356. The number of non-ortho nitro benzene ring substituents is 1. The number of halogens is 3. The maximum atomic E-state index is 13.1. The van der Waals surface area contributed by atoms with Crippen LogP contribution in [0.5, 0.6) is 0 Å². The molecule has 2 heterocycles. The maximum Gasteiger partial charge on any atom is 0.416 e. The van der Waals surface area contributed by atoms with Gasteiger partial charge in [-0.1, -0.05) is 12.1 Å². The number of nitrogens with zero attached hydrogens (tertiary/aromatic N) is 2. The lowest BCUT2D eigenvalue weighted by Crippen LogP contribution is -2.31. The summed E-state index contributed by atoms with van der Waals surface area (Å²) in [5.41, 5.74) is -0.780. The fourth-order valence-electron chi connectivity index (χ4n) is 3.52. The van der Waals surface area contributed by atoms with Gasteiger partial charge in [0.05, 0.1) is 27.3 Å². The van der Waals surface area contributed by atoms with Crippen LogP contribution in [-0.4, -0.2) is 33.8 Å². The van der Waals surface area contributed by atoms with Crippen molar-refractivity contribution in [3.8, 4) is 0 Å². The van der Waals surface area contributed by atoms with Crippen molar-refractivity contribution in [2.45, 2.75) is 12.7 Å². The predicted octanol–water partition coefficient (Wildman–Crippen LogP) is 3.36. The molecule has 0 bridgehead atoms. The van der Waals surface area contributed by atoms with E-state index < -0.39 is 34.3 Å². The van der Waals surface area contributed by atoms with Crippen LogP contribution in [0, 0.1) is 10.1 Å². The number of benzene rings is 2. The van der Waals surface area contributed by atoms with Gasteiger partial charge in [0.25, 0.3) is 17.4 Å². The number of ether oxygens (including phenoxy) is 1. The van der Waals surface area contributed by atoms with Crippen molar-refractivity contribution in [2.24, 2.45) is 0 Å². The summed E-state index contributed by atoms with van der Waals surface area (Å²) >= 11 is 0. The first-order valence-electron chi connectivity index (χ1n) is 9.69. The number of carbonyl (C=O) groups excluding carboxylic acids is 3. The third-order valence-electron chi connectivity index (χ3n) is 5.07. The first kappa shape index (κ1) is 22.7. The monoisotopic (exact) mass is 473 g/mol. The number of rotatable bonds is 6. The number of carbonyl (C=O) groups is 3. The molecular weight excluding hydrogens is 459 g/mol. The number of nitrogens with one attached hydrogen (secondary N) is 1. The molecule has 9 nitrogen and oxygen atoms in total. The average Bonchev–Trinajstić information content (AvgIpc) is 3.35. The zero-order valence-corrected chi connectivity index (χ0v) is 17.1. The lowest BCUT2D eigenvalue weighted by atomic mass is 10.1. The maximum absolute atomic E-state index is 13.1. The molecule has 0 aliphatic carbocycles. The fourth-order valence-corrected chi connectivity index (χ4v) is 3.52. The summed E-state index contributed by atoms with van der Waals surface area (Å²) in [7, 11) is 0. The van der Waals surface area contributed by atoms with Gasteiger partial charge in [0.1, 0.15) is 6.61 Å². The highest BCUT2D eigenvalue weighted by molar-refractivity contribution is 6.45. The van der Waals surface area contributed by atoms with Crippen LogP contribution in [0.15, 0.2) is 60.4 Å². The molecule has 0 unspecified atom stereocenters. The van der Waals surface area contributed by atoms with Crippen LogP contribution < -0.4 is 5.32 Å². The number of alkyl halides is 3. The van der Waals surface area contributed by atoms with Crippen molar-refractivity contribution in [1.82, 2.24) is 9.88 Å². The summed E-state index contributed by atoms with van der Waals surface area (Å²) in [6, 6.07) is 8.12. The van der Waals surface area contributed by atoms with E-state index in [0.717, 1.165) is 24.3 Å². The van der Waals surface area contributed by atoms with E-state index in [4.69, 9.17) is 0 Å². The van der Waals surface area contributed by atoms with Crippen LogP contribution in [-0.2, 0) is 27.0 Å². The molecule has 1 aliphatic heterocycles. The molecule has 174 valence electrons. The molecule has 34 heavy (non-hydrogen) atoms. The van der Waals surface area contributed by atoms with Crippen molar-refractivity contribution in [1.29, 1.82) is 0 Å². The first-order chi connectivity index (χ1) is 16.0. The second kappa shape index (κ2) is 8.46. The first-order valence-corrected chi connectivity index (χ1v) is 9.69. The number of amides is 1. The molecule has 0 spiro atoms. The van der Waals surface area contributed by atoms with E-state index in [1.54, 1.807) is 0 Å². The lowest BCUT2D eigenvalue weighted by Gasteiger charge is -2.10. The van der Waals surface area contributed by atoms with Crippen LogP contribution >= 0.6 is 0 Å². The van der Waals surface area contributed by atoms with E-state index in [-0.39, 0.29) is 46.6 Å². The van der Waals surface area contributed by atoms with E-state index in [2.05, 4.69) is 10.1 Å². The number of nitro benzene ring substituents is 1. The normalized spacial score (nSPS) is 13.5. The number of nitro groups is 1. The number of Topliss-reactive ketones (excluding diaryl/α,β-unsaturated/α-hetero) is 1. The van der Waals surface area contributed by atoms with E-state index in [9.17, 15) is 37.7 Å². The smallest absolute Gasteiger partial charge is 0.416 e. The molecule has 1 amide bonds. The van der Waals surface area contributed by atoms with E-state index in [0.29, 0.717) is 0 Å². The highest BCUT2D eigenvalue weighted by atomic mass is 19.4. The minimum absolute atomic E-state index is 0.0895. The molecule has 1 aromatic heterocycles. The van der Waals surface area contributed by atoms with Crippen LogP contribution in [0.4, 0.5) is 18.9 Å². The highest BCUT2D eigenvalue weighted by Crippen LogP contribution is 2.31. The predicted molar refractivity (Wildman–Crippen MR) is 111 cm³/mol. The number of aromatic nitrogens is 1. The van der Waals surface area contributed by atoms with E-state index in [1.807, 2.05) is 0 Å². The molecular formula is C22H14F3N3O6. The summed E-state index contributed by atoms with van der Waals surface area (Å²) in [5.74, 6) is -2.74. The molecule has 0 saturated heterocycles. The molecule has 0 fully saturated rings. The second-order valence-electron chi connectivity index (χ2n) is 7.39. The molecule has 1 N–H and O–H groups in total. The zero-order chi connectivity index (χ0) is 24.6. The number of fused-ring (bicyclic) bond motifs is 1. The summed E-state index contributed by atoms with van der Waals surface area (Å²) in [4.78, 5) is 47.0. The summed E-state index contributed by atoms with van der Waals surface area (Å²) in [6.07, 6.45) is -2.29. The largest absolute Gasteiger partial charge is 0.456 e. The van der Waals surface area contributed by atoms with Gasteiger partial charge in [-0.15, -0.1) is 0 Å². The Morgan fingerprint density at radius 1 is 1.18 bits per heavy atom. The molecule has 1 aliphatic rings. The Hall–Kier alpha value is -4.48. The molecule has 2 aromatic carbocycles. The third-order valence-corrected chi connectivity index (χ3v) is 5.07. The number of hydrogen-bond donors (Lipinski definition) is 1. The SMILES string of the molecule is O=C1C=C(NC(=O)C(=O)c2cn(Cc3cccc(C(F)(F)F)c3)c3cc([N+](=O)[O-])ccc23)CO1. The Morgan fingerprint density at radius 2 is 1.94 bits per heavy atom. The van der Waals surface area contributed by atoms with Gasteiger partial charge < -0.3 is 14.6 Å². The van der Waals surface area contributed by atoms with Crippen molar-refractivity contribution in [3.05, 3.63) is 87.2 Å². The van der Waals surface area contributed by atoms with E-state index in [1.165, 1.54) is 35.0 Å². The number of hydrogen-bond acceptors (Lipinski definition) is 6. The van der Waals surface area contributed by atoms with Gasteiger partial charge in [0.15, 0.2) is 0 Å². The Balaban J connectivity index is 1.73. The van der Waals surface area contributed by atoms with Crippen LogP contribution in [0.25, 0.3) is 10.9 Å². The molecule has 4 rings (SSSR count). The van der Waals surface area contributed by atoms with Gasteiger partial charge in [-0.05, 0) is 23.8 Å². The number of cyclic esters (lactones) is 1. The molecule has 0 saturated carbocycles. The minimum atomic E-state index is -4.56. The molecule has 3 aromatic rings.